The number of hydrogen-bond acceptors (Lipinski definition) is 4. The minimum Gasteiger partial charge on any atom is -0.457 e. The maximum Gasteiger partial charge on any atom is 0.297 e. The van der Waals surface area contributed by atoms with Gasteiger partial charge in [-0.2, -0.15) is 0 Å². The van der Waals surface area contributed by atoms with E-state index < -0.39 is 0 Å². The first-order valence-electron chi connectivity index (χ1n) is 12.8. The minimum atomic E-state index is -0.224. The van der Waals surface area contributed by atoms with Crippen molar-refractivity contribution in [1.29, 1.82) is 0 Å². The van der Waals surface area contributed by atoms with Crippen LogP contribution < -0.4 is 4.74 Å². The van der Waals surface area contributed by atoms with Gasteiger partial charge in [0.1, 0.15) is 11.5 Å². The van der Waals surface area contributed by atoms with Gasteiger partial charge in [0.05, 0.1) is 0 Å². The van der Waals surface area contributed by atoms with Crippen LogP contribution in [-0.4, -0.2) is 27.1 Å². The summed E-state index contributed by atoms with van der Waals surface area (Å²) in [5.74, 6) is 1.56. The molecule has 0 spiro atoms. The Morgan fingerprint density at radius 1 is 0.846 bits per heavy atom. The number of carbonyl (C=O) groups is 1. The van der Waals surface area contributed by atoms with Crippen LogP contribution in [0.5, 0.6) is 11.5 Å². The Labute approximate surface area is 232 Å². The third-order valence-electron chi connectivity index (χ3n) is 6.81. The summed E-state index contributed by atoms with van der Waals surface area (Å²) < 4.78 is 13.8. The summed E-state index contributed by atoms with van der Waals surface area (Å²) in [7, 11) is 0. The highest BCUT2D eigenvalue weighted by molar-refractivity contribution is 7.80. The first-order valence-corrected chi connectivity index (χ1v) is 13.2. The molecule has 0 aliphatic carbocycles. The lowest BCUT2D eigenvalue weighted by molar-refractivity contribution is -0.122. The first kappa shape index (κ1) is 24.6. The fourth-order valence-electron chi connectivity index (χ4n) is 4.92. The van der Waals surface area contributed by atoms with Gasteiger partial charge in [-0.15, -0.1) is 6.58 Å². The van der Waals surface area contributed by atoms with Crippen molar-refractivity contribution in [3.63, 3.8) is 0 Å². The van der Waals surface area contributed by atoms with Gasteiger partial charge in [-0.3, -0.25) is 9.69 Å². The number of benzene rings is 4. The van der Waals surface area contributed by atoms with Gasteiger partial charge in [0, 0.05) is 34.9 Å². The molecule has 0 bridgehead atoms. The second-order valence-corrected chi connectivity index (χ2v) is 9.68. The summed E-state index contributed by atoms with van der Waals surface area (Å²) in [6.45, 7) is 5.06. The maximum absolute atomic E-state index is 13.2. The summed E-state index contributed by atoms with van der Waals surface area (Å²) in [6, 6.07) is 32.0. The van der Waals surface area contributed by atoms with Crippen LogP contribution >= 0.6 is 12.2 Å². The molecule has 0 N–H and O–H groups in total. The molecular weight excluding hydrogens is 504 g/mol. The summed E-state index contributed by atoms with van der Waals surface area (Å²) in [5.41, 5.74) is 4.22. The van der Waals surface area contributed by atoms with E-state index in [2.05, 4.69) is 35.4 Å². The van der Waals surface area contributed by atoms with Crippen LogP contribution in [0.4, 0.5) is 0 Å². The van der Waals surface area contributed by atoms with Crippen molar-refractivity contribution < 1.29 is 14.3 Å². The molecule has 2 heterocycles. The normalized spacial score (nSPS) is 14.4. The number of hydrogen-bond donors (Lipinski definition) is 0. The molecule has 4 aromatic carbocycles. The van der Waals surface area contributed by atoms with Gasteiger partial charge in [-0.25, -0.2) is 0 Å². The molecule has 39 heavy (non-hydrogen) atoms. The molecule has 0 unspecified atom stereocenters. The Bertz CT molecular complexity index is 1740. The average Bonchev–Trinajstić information content (AvgIpc) is 3.41. The van der Waals surface area contributed by atoms with Gasteiger partial charge in [0.15, 0.2) is 5.76 Å². The highest BCUT2D eigenvalue weighted by Gasteiger charge is 2.33. The highest BCUT2D eigenvalue weighted by atomic mass is 32.1. The molecular formula is C33H26N2O3S. The SMILES string of the molecule is C=CCn1c2ccccc2c2cc(C=C3OC(=S)N(CCc4ccc(Oc5ccccc5)cc4)C3=O)ccc21. The number of ether oxygens (including phenoxy) is 2. The first-order chi connectivity index (χ1) is 19.1. The molecule has 0 saturated carbocycles. The van der Waals surface area contributed by atoms with Gasteiger partial charge in [-0.1, -0.05) is 60.7 Å². The predicted octanol–water partition coefficient (Wildman–Crippen LogP) is 7.50. The maximum atomic E-state index is 13.2. The van der Waals surface area contributed by atoms with E-state index in [0.29, 0.717) is 13.0 Å². The van der Waals surface area contributed by atoms with Crippen LogP contribution in [0.3, 0.4) is 0 Å². The van der Waals surface area contributed by atoms with E-state index in [1.807, 2.05) is 78.9 Å². The quantitative estimate of drug-likeness (QED) is 0.118. The highest BCUT2D eigenvalue weighted by Crippen LogP contribution is 2.31. The van der Waals surface area contributed by atoms with Crippen molar-refractivity contribution in [3.8, 4) is 11.5 Å². The number of allylic oxidation sites excluding steroid dienone is 1. The van der Waals surface area contributed by atoms with E-state index in [1.165, 1.54) is 4.90 Å². The minimum absolute atomic E-state index is 0.180. The van der Waals surface area contributed by atoms with E-state index in [9.17, 15) is 4.79 Å². The second kappa shape index (κ2) is 10.6. The Morgan fingerprint density at radius 2 is 1.56 bits per heavy atom. The van der Waals surface area contributed by atoms with Gasteiger partial charge >= 0.3 is 0 Å². The van der Waals surface area contributed by atoms with Crippen molar-refractivity contribution in [1.82, 2.24) is 9.47 Å². The summed E-state index contributed by atoms with van der Waals surface area (Å²) in [6.07, 6.45) is 4.31. The van der Waals surface area contributed by atoms with Gasteiger partial charge in [-0.05, 0) is 78.3 Å². The van der Waals surface area contributed by atoms with Crippen molar-refractivity contribution in [3.05, 3.63) is 127 Å². The monoisotopic (exact) mass is 530 g/mol. The number of rotatable bonds is 8. The van der Waals surface area contributed by atoms with E-state index in [1.54, 1.807) is 6.08 Å². The molecule has 1 fully saturated rings. The fraction of sp³-hybridized carbons (Fsp3) is 0.0909. The predicted molar refractivity (Wildman–Crippen MR) is 160 cm³/mol. The van der Waals surface area contributed by atoms with Crippen LogP contribution in [0.25, 0.3) is 27.9 Å². The van der Waals surface area contributed by atoms with Crippen molar-refractivity contribution in [2.45, 2.75) is 13.0 Å². The number of fused-ring (bicyclic) bond motifs is 3. The average molecular weight is 531 g/mol. The van der Waals surface area contributed by atoms with Crippen molar-refractivity contribution in [2.75, 3.05) is 6.54 Å². The van der Waals surface area contributed by atoms with Crippen LogP contribution in [0.1, 0.15) is 11.1 Å². The third-order valence-corrected chi connectivity index (χ3v) is 7.11. The number of aromatic nitrogens is 1. The second-order valence-electron chi connectivity index (χ2n) is 9.34. The lowest BCUT2D eigenvalue weighted by Crippen LogP contribution is -2.30. The van der Waals surface area contributed by atoms with Crippen molar-refractivity contribution in [2.24, 2.45) is 0 Å². The van der Waals surface area contributed by atoms with Crippen LogP contribution in [-0.2, 0) is 22.5 Å². The van der Waals surface area contributed by atoms with Crippen molar-refractivity contribution >= 4 is 51.2 Å². The van der Waals surface area contributed by atoms with E-state index in [0.717, 1.165) is 51.0 Å². The summed E-state index contributed by atoms with van der Waals surface area (Å²) in [4.78, 5) is 14.7. The topological polar surface area (TPSA) is 43.7 Å². The molecule has 5 nitrogen and oxygen atoms in total. The zero-order valence-electron chi connectivity index (χ0n) is 21.2. The number of nitrogens with zero attached hydrogens (tertiary/aromatic N) is 2. The molecule has 1 saturated heterocycles. The number of thiocarbonyl (C=S) groups is 1. The molecule has 0 atom stereocenters. The van der Waals surface area contributed by atoms with Gasteiger partial charge < -0.3 is 14.0 Å². The lowest BCUT2D eigenvalue weighted by Gasteiger charge is -2.12. The van der Waals surface area contributed by atoms with Gasteiger partial charge in [0.25, 0.3) is 11.1 Å². The number of carbonyl (C=O) groups excluding carboxylic acids is 1. The Hall–Kier alpha value is -4.68. The van der Waals surface area contributed by atoms with E-state index in [-0.39, 0.29) is 16.8 Å². The van der Waals surface area contributed by atoms with E-state index >= 15 is 0 Å². The number of para-hydroxylation sites is 2. The summed E-state index contributed by atoms with van der Waals surface area (Å²) >= 11 is 5.40. The molecule has 5 aromatic rings. The molecule has 1 aliphatic heterocycles. The van der Waals surface area contributed by atoms with E-state index in [4.69, 9.17) is 21.7 Å². The lowest BCUT2D eigenvalue weighted by atomic mass is 10.1. The molecule has 1 aliphatic rings. The third kappa shape index (κ3) is 4.94. The Balaban J connectivity index is 1.17. The largest absolute Gasteiger partial charge is 0.457 e. The zero-order chi connectivity index (χ0) is 26.8. The standard InChI is InChI=1S/C33H26N2O3S/c1-2-19-34-29-11-7-6-10-27(29)28-21-24(14-17-30(28)34)22-31-32(36)35(33(39)38-31)20-18-23-12-15-26(16-13-23)37-25-8-4-3-5-9-25/h2-17,21-22H,1,18-20H2. The fourth-order valence-corrected chi connectivity index (χ4v) is 5.18. The number of amides is 1. The molecule has 192 valence electrons. The molecule has 6 heteroatoms. The van der Waals surface area contributed by atoms with Crippen LogP contribution in [0.2, 0.25) is 0 Å². The Kier molecular flexibility index (Phi) is 6.69. The molecule has 1 aromatic heterocycles. The van der Waals surface area contributed by atoms with Gasteiger partial charge in [0.2, 0.25) is 0 Å². The van der Waals surface area contributed by atoms with Crippen LogP contribution in [0, 0.1) is 0 Å². The van der Waals surface area contributed by atoms with Crippen LogP contribution in [0.15, 0.2) is 115 Å². The Morgan fingerprint density at radius 3 is 2.36 bits per heavy atom. The molecule has 0 radical (unpaired) electrons. The molecule has 1 amide bonds. The smallest absolute Gasteiger partial charge is 0.297 e. The summed E-state index contributed by atoms with van der Waals surface area (Å²) in [5, 5.41) is 2.45. The molecule has 6 rings (SSSR count). The zero-order valence-corrected chi connectivity index (χ0v) is 22.1.